The lowest BCUT2D eigenvalue weighted by molar-refractivity contribution is -0.305. The zero-order valence-electron chi connectivity index (χ0n) is 55.6. The number of carbonyl (C=O) groups is 2. The number of aliphatic hydroxyl groups excluding tert-OH is 5. The Morgan fingerprint density at radius 1 is 0.460 bits per heavy atom. The monoisotopic (exact) mass is 1220 g/mol. The van der Waals surface area contributed by atoms with Gasteiger partial charge in [0.25, 0.3) is 0 Å². The molecule has 1 rings (SSSR count). The second kappa shape index (κ2) is 62.5. The van der Waals surface area contributed by atoms with Gasteiger partial charge in [0.05, 0.1) is 25.4 Å². The molecule has 1 saturated heterocycles. The van der Waals surface area contributed by atoms with Crippen molar-refractivity contribution in [3.63, 3.8) is 0 Å². The Bertz CT molecular complexity index is 1830. The number of rotatable bonds is 60. The van der Waals surface area contributed by atoms with Crippen molar-refractivity contribution in [2.75, 3.05) is 13.2 Å². The van der Waals surface area contributed by atoms with E-state index in [1.807, 2.05) is 6.08 Å². The minimum atomic E-state index is -1.62. The molecule has 1 aliphatic rings. The molecule has 500 valence electrons. The topological polar surface area (TPSA) is 175 Å². The highest BCUT2D eigenvalue weighted by molar-refractivity contribution is 5.80. The first-order chi connectivity index (χ1) is 42.7. The van der Waals surface area contributed by atoms with E-state index in [-0.39, 0.29) is 19.4 Å². The molecule has 0 aliphatic carbocycles. The fraction of sp³-hybridized carbons (Fsp3) is 0.737. The van der Waals surface area contributed by atoms with Crippen LogP contribution in [0.4, 0.5) is 0 Å². The number of carbonyl (C=O) groups excluding carboxylic acids is 2. The van der Waals surface area contributed by atoms with Gasteiger partial charge in [0.1, 0.15) is 24.4 Å². The van der Waals surface area contributed by atoms with Gasteiger partial charge >= 0.3 is 5.97 Å². The average molecular weight is 1220 g/mol. The lowest BCUT2D eigenvalue weighted by Crippen LogP contribution is -2.61. The molecule has 0 aromatic rings. The summed E-state index contributed by atoms with van der Waals surface area (Å²) in [5.74, 6) is -1.22. The summed E-state index contributed by atoms with van der Waals surface area (Å²) in [5, 5.41) is 57.2. The molecule has 0 aromatic heterocycles. The van der Waals surface area contributed by atoms with E-state index in [1.54, 1.807) is 6.08 Å². The Kier molecular flexibility index (Phi) is 58.4. The number of unbranched alkanes of at least 4 members (excludes halogenated alkanes) is 30. The first-order valence-corrected chi connectivity index (χ1v) is 35.7. The number of aliphatic hydroxyl groups is 5. The van der Waals surface area contributed by atoms with Crippen LogP contribution in [0.5, 0.6) is 0 Å². The van der Waals surface area contributed by atoms with E-state index in [0.717, 1.165) is 109 Å². The molecule has 0 aromatic carbocycles. The summed E-state index contributed by atoms with van der Waals surface area (Å²) in [6, 6.07) is -1.04. The van der Waals surface area contributed by atoms with E-state index >= 15 is 0 Å². The number of amides is 1. The van der Waals surface area contributed by atoms with Gasteiger partial charge in [-0.1, -0.05) is 291 Å². The normalized spacial score (nSPS) is 18.9. The molecule has 8 unspecified atom stereocenters. The molecule has 1 fully saturated rings. The maximum absolute atomic E-state index is 13.5. The molecule has 1 amide bonds. The zero-order chi connectivity index (χ0) is 63.1. The zero-order valence-corrected chi connectivity index (χ0v) is 55.6. The van der Waals surface area contributed by atoms with Crippen molar-refractivity contribution in [1.29, 1.82) is 0 Å². The Hall–Kier alpha value is -3.68. The van der Waals surface area contributed by atoms with Gasteiger partial charge in [0, 0.05) is 6.42 Å². The molecule has 0 saturated carbocycles. The highest BCUT2D eigenvalue weighted by Gasteiger charge is 2.47. The predicted octanol–water partition coefficient (Wildman–Crippen LogP) is 18.4. The molecule has 0 spiro atoms. The molecule has 0 radical (unpaired) electrons. The van der Waals surface area contributed by atoms with Crippen LogP contribution in [0.15, 0.2) is 109 Å². The lowest BCUT2D eigenvalue weighted by atomic mass is 9.99. The minimum Gasteiger partial charge on any atom is -0.454 e. The van der Waals surface area contributed by atoms with Crippen LogP contribution in [-0.4, -0.2) is 99.6 Å². The second-order valence-electron chi connectivity index (χ2n) is 24.2. The molecule has 1 aliphatic heterocycles. The largest absolute Gasteiger partial charge is 0.454 e. The number of esters is 1. The SMILES string of the molecule is CC/C=C\C/C=C\C/C=C\C/C=C\C/C=C\C/C=C\CCCCCC(O)C(=O)NC(COC1OC(CO)C(O)C(O)C1OC(=O)CCCCCCCCCCCCCCCCC/C=C\C/C=C\CCCCC)C(O)/C=C/CCCCCCCCCCC. The van der Waals surface area contributed by atoms with E-state index in [1.165, 1.54) is 141 Å². The number of hydrogen-bond acceptors (Lipinski definition) is 10. The Morgan fingerprint density at radius 3 is 1.26 bits per heavy atom. The van der Waals surface area contributed by atoms with Crippen LogP contribution in [-0.2, 0) is 23.8 Å². The van der Waals surface area contributed by atoms with Gasteiger partial charge < -0.3 is 45.1 Å². The number of hydrogen-bond donors (Lipinski definition) is 6. The summed E-state index contributed by atoms with van der Waals surface area (Å²) in [6.07, 6.45) is 75.6. The van der Waals surface area contributed by atoms with Gasteiger partial charge in [-0.3, -0.25) is 9.59 Å². The van der Waals surface area contributed by atoms with E-state index in [0.29, 0.717) is 12.8 Å². The molecule has 11 nitrogen and oxygen atoms in total. The molecule has 8 atom stereocenters. The fourth-order valence-electron chi connectivity index (χ4n) is 10.6. The van der Waals surface area contributed by atoms with Gasteiger partial charge in [-0.15, -0.1) is 0 Å². The van der Waals surface area contributed by atoms with Crippen molar-refractivity contribution < 1.29 is 49.3 Å². The fourth-order valence-corrected chi connectivity index (χ4v) is 10.6. The molecule has 1 heterocycles. The maximum Gasteiger partial charge on any atom is 0.306 e. The molecule has 6 N–H and O–H groups in total. The van der Waals surface area contributed by atoms with Gasteiger partial charge in [-0.05, 0) is 109 Å². The van der Waals surface area contributed by atoms with Crippen molar-refractivity contribution in [1.82, 2.24) is 5.32 Å². The third kappa shape index (κ3) is 49.7. The van der Waals surface area contributed by atoms with E-state index in [4.69, 9.17) is 14.2 Å². The maximum atomic E-state index is 13.5. The highest BCUT2D eigenvalue weighted by atomic mass is 16.7. The standard InChI is InChI=1S/C76H131NO10/c1-4-7-10-13-16-19-22-24-26-28-30-32-34-35-36-38-40-42-44-46-49-52-55-58-61-64-71(81)87-74-73(83)72(82)70(65-78)86-76(74)85-66-67(68(79)62-59-56-53-50-47-21-18-15-12-9-6-3)77-75(84)69(80)63-60-57-54-51-48-45-43-41-39-37-33-31-29-27-25-23-20-17-14-11-8-5-2/h8,11,16-17,19-20,24-27,31,33,39,41,45,48,59,62,67-70,72-74,76,78-80,82-83H,4-7,9-10,12-15,18,21-23,28-30,32,34-38,40,42-44,46-47,49-58,60-61,63-66H2,1-3H3,(H,77,84)/b11-8-,19-16-,20-17-,26-24-,27-25-,33-31-,41-39-,48-45-,62-59+. The van der Waals surface area contributed by atoms with Crippen molar-refractivity contribution in [3.8, 4) is 0 Å². The molecular weight excluding hydrogens is 1090 g/mol. The predicted molar refractivity (Wildman–Crippen MR) is 365 cm³/mol. The first-order valence-electron chi connectivity index (χ1n) is 35.7. The summed E-state index contributed by atoms with van der Waals surface area (Å²) < 4.78 is 17.7. The van der Waals surface area contributed by atoms with Crippen LogP contribution < -0.4 is 5.32 Å². The summed E-state index contributed by atoms with van der Waals surface area (Å²) in [7, 11) is 0. The van der Waals surface area contributed by atoms with Crippen molar-refractivity contribution >= 4 is 11.9 Å². The molecule has 0 bridgehead atoms. The van der Waals surface area contributed by atoms with Crippen molar-refractivity contribution in [2.45, 2.75) is 346 Å². The van der Waals surface area contributed by atoms with Crippen LogP contribution in [0.3, 0.4) is 0 Å². The molecule has 87 heavy (non-hydrogen) atoms. The molecule has 11 heteroatoms. The van der Waals surface area contributed by atoms with E-state index in [2.05, 4.69) is 123 Å². The second-order valence-corrected chi connectivity index (χ2v) is 24.2. The minimum absolute atomic E-state index is 0.116. The number of nitrogens with one attached hydrogen (secondary N) is 1. The first kappa shape index (κ1) is 81.3. The van der Waals surface area contributed by atoms with Gasteiger partial charge in [-0.2, -0.15) is 0 Å². The quantitative estimate of drug-likeness (QED) is 0.0195. The van der Waals surface area contributed by atoms with Gasteiger partial charge in [0.15, 0.2) is 12.4 Å². The lowest BCUT2D eigenvalue weighted by Gasteiger charge is -2.41. The van der Waals surface area contributed by atoms with Crippen LogP contribution in [0.2, 0.25) is 0 Å². The number of ether oxygens (including phenoxy) is 3. The smallest absolute Gasteiger partial charge is 0.306 e. The van der Waals surface area contributed by atoms with Gasteiger partial charge in [-0.25, -0.2) is 0 Å². The highest BCUT2D eigenvalue weighted by Crippen LogP contribution is 2.26. The van der Waals surface area contributed by atoms with Crippen LogP contribution in [0.1, 0.15) is 297 Å². The van der Waals surface area contributed by atoms with Gasteiger partial charge in [0.2, 0.25) is 5.91 Å². The summed E-state index contributed by atoms with van der Waals surface area (Å²) >= 11 is 0. The third-order valence-corrected chi connectivity index (χ3v) is 16.2. The number of allylic oxidation sites excluding steroid dienone is 17. The van der Waals surface area contributed by atoms with Crippen LogP contribution in [0, 0.1) is 0 Å². The van der Waals surface area contributed by atoms with E-state index < -0.39 is 67.4 Å². The van der Waals surface area contributed by atoms with Crippen molar-refractivity contribution in [3.05, 3.63) is 109 Å². The Balaban J connectivity index is 2.57. The average Bonchev–Trinajstić information content (AvgIpc) is 1.30. The third-order valence-electron chi connectivity index (χ3n) is 16.2. The van der Waals surface area contributed by atoms with E-state index in [9.17, 15) is 35.1 Å². The summed E-state index contributed by atoms with van der Waals surface area (Å²) in [4.78, 5) is 26.7. The summed E-state index contributed by atoms with van der Waals surface area (Å²) in [6.45, 7) is 5.65. The van der Waals surface area contributed by atoms with Crippen LogP contribution >= 0.6 is 0 Å². The Morgan fingerprint density at radius 2 is 0.828 bits per heavy atom. The summed E-state index contributed by atoms with van der Waals surface area (Å²) in [5.41, 5.74) is 0. The van der Waals surface area contributed by atoms with Crippen molar-refractivity contribution in [2.24, 2.45) is 0 Å². The Labute approximate surface area is 532 Å². The molecular formula is C76H131NO10. The van der Waals surface area contributed by atoms with Crippen LogP contribution in [0.25, 0.3) is 0 Å².